The maximum absolute atomic E-state index is 10.6. The number of halogens is 1. The van der Waals surface area contributed by atoms with E-state index in [4.69, 9.17) is 16.7 Å². The van der Waals surface area contributed by atoms with Gasteiger partial charge < -0.3 is 5.11 Å². The maximum atomic E-state index is 10.6. The summed E-state index contributed by atoms with van der Waals surface area (Å²) in [6.45, 7) is 0. The minimum atomic E-state index is -1.03. The van der Waals surface area contributed by atoms with Gasteiger partial charge in [0.15, 0.2) is 0 Å². The Hall–Kier alpha value is -0.740. The van der Waals surface area contributed by atoms with Crippen molar-refractivity contribution in [3.63, 3.8) is 0 Å². The Bertz CT molecular complexity index is 316. The monoisotopic (exact) mass is 203 g/mol. The summed E-state index contributed by atoms with van der Waals surface area (Å²) in [4.78, 5) is 14.5. The molecule has 0 amide bonds. The number of aromatic carboxylic acids is 1. The lowest BCUT2D eigenvalue weighted by Gasteiger charge is -1.99. The predicted octanol–water partition coefficient (Wildman–Crippen LogP) is 2.16. The summed E-state index contributed by atoms with van der Waals surface area (Å²) in [5.41, 5.74) is 0.0935. The van der Waals surface area contributed by atoms with Crippen molar-refractivity contribution in [2.24, 2.45) is 0 Å². The minimum Gasteiger partial charge on any atom is -0.478 e. The van der Waals surface area contributed by atoms with Gasteiger partial charge in [-0.1, -0.05) is 11.6 Å². The van der Waals surface area contributed by atoms with Gasteiger partial charge in [0.2, 0.25) is 0 Å². The first-order chi connectivity index (χ1) is 5.65. The van der Waals surface area contributed by atoms with Gasteiger partial charge >= 0.3 is 5.97 Å². The lowest BCUT2D eigenvalue weighted by Crippen LogP contribution is -1.98. The molecule has 5 heteroatoms. The fourth-order valence-corrected chi connectivity index (χ4v) is 1.27. The van der Waals surface area contributed by atoms with E-state index in [1.54, 1.807) is 0 Å². The molecule has 0 fully saturated rings. The number of nitrogens with zero attached hydrogens (tertiary/aromatic N) is 1. The van der Waals surface area contributed by atoms with E-state index in [9.17, 15) is 4.79 Å². The van der Waals surface area contributed by atoms with Crippen LogP contribution in [-0.4, -0.2) is 22.3 Å². The molecule has 0 aromatic carbocycles. The molecule has 0 spiro atoms. The molecule has 0 aliphatic heterocycles. The number of carboxylic acids is 1. The second-order valence-corrected chi connectivity index (χ2v) is 3.25. The lowest BCUT2D eigenvalue weighted by molar-refractivity contribution is 0.0696. The molecule has 0 atom stereocenters. The van der Waals surface area contributed by atoms with Crippen LogP contribution in [0.15, 0.2) is 17.3 Å². The first-order valence-electron chi connectivity index (χ1n) is 3.08. The summed E-state index contributed by atoms with van der Waals surface area (Å²) in [6.07, 6.45) is 3.17. The molecule has 0 radical (unpaired) electrons. The molecular formula is C7H6ClNO2S. The lowest BCUT2D eigenvalue weighted by atomic mass is 10.3. The van der Waals surface area contributed by atoms with Crippen molar-refractivity contribution >= 4 is 29.3 Å². The van der Waals surface area contributed by atoms with E-state index in [-0.39, 0.29) is 10.6 Å². The molecule has 1 aromatic heterocycles. The van der Waals surface area contributed by atoms with E-state index in [2.05, 4.69) is 4.98 Å². The standard InChI is InChI=1S/C7H6ClNO2S/c1-12-6-2-4(7(10)11)5(8)3-9-6/h2-3H,1H3,(H,10,11). The summed E-state index contributed by atoms with van der Waals surface area (Å²) in [5.74, 6) is -1.03. The normalized spacial score (nSPS) is 9.83. The van der Waals surface area contributed by atoms with Gasteiger partial charge in [0.25, 0.3) is 0 Å². The molecule has 0 unspecified atom stereocenters. The van der Waals surface area contributed by atoms with Gasteiger partial charge in [-0.15, -0.1) is 11.8 Å². The van der Waals surface area contributed by atoms with E-state index in [1.165, 1.54) is 24.0 Å². The highest BCUT2D eigenvalue weighted by atomic mass is 35.5. The van der Waals surface area contributed by atoms with Crippen LogP contribution in [0.2, 0.25) is 5.02 Å². The summed E-state index contributed by atoms with van der Waals surface area (Å²) in [6, 6.07) is 1.45. The number of hydrogen-bond acceptors (Lipinski definition) is 3. The van der Waals surface area contributed by atoms with Gasteiger partial charge in [0.05, 0.1) is 15.6 Å². The number of aromatic nitrogens is 1. The molecule has 0 saturated heterocycles. The van der Waals surface area contributed by atoms with Gasteiger partial charge in [-0.2, -0.15) is 0 Å². The molecule has 0 aliphatic rings. The van der Waals surface area contributed by atoms with E-state index < -0.39 is 5.97 Å². The van der Waals surface area contributed by atoms with Crippen LogP contribution < -0.4 is 0 Å². The van der Waals surface area contributed by atoms with Gasteiger partial charge in [0, 0.05) is 6.20 Å². The number of rotatable bonds is 2. The molecule has 1 rings (SSSR count). The van der Waals surface area contributed by atoms with Crippen molar-refractivity contribution in [3.8, 4) is 0 Å². The molecule has 0 saturated carbocycles. The summed E-state index contributed by atoms with van der Waals surface area (Å²) >= 11 is 6.97. The molecule has 0 bridgehead atoms. The molecule has 3 nitrogen and oxygen atoms in total. The smallest absolute Gasteiger partial charge is 0.337 e. The Kier molecular flexibility index (Phi) is 2.94. The third-order valence-electron chi connectivity index (χ3n) is 1.27. The highest BCUT2D eigenvalue weighted by Gasteiger charge is 2.09. The molecule has 1 N–H and O–H groups in total. The van der Waals surface area contributed by atoms with Crippen LogP contribution in [-0.2, 0) is 0 Å². The summed E-state index contributed by atoms with van der Waals surface area (Å²) in [5, 5.41) is 9.48. The van der Waals surface area contributed by atoms with E-state index in [0.29, 0.717) is 5.03 Å². The molecule has 1 aromatic rings. The van der Waals surface area contributed by atoms with Gasteiger partial charge in [-0.3, -0.25) is 0 Å². The van der Waals surface area contributed by atoms with Gasteiger partial charge in [-0.25, -0.2) is 9.78 Å². The van der Waals surface area contributed by atoms with Crippen LogP contribution in [0.25, 0.3) is 0 Å². The Morgan fingerprint density at radius 1 is 1.75 bits per heavy atom. The van der Waals surface area contributed by atoms with E-state index in [1.807, 2.05) is 6.26 Å². The highest BCUT2D eigenvalue weighted by Crippen LogP contribution is 2.19. The number of carbonyl (C=O) groups is 1. The number of hydrogen-bond donors (Lipinski definition) is 1. The molecule has 1 heterocycles. The average molecular weight is 204 g/mol. The van der Waals surface area contributed by atoms with Crippen LogP contribution in [0, 0.1) is 0 Å². The number of thioether (sulfide) groups is 1. The fourth-order valence-electron chi connectivity index (χ4n) is 0.695. The topological polar surface area (TPSA) is 50.2 Å². The number of carboxylic acid groups (broad SMARTS) is 1. The van der Waals surface area contributed by atoms with Crippen molar-refractivity contribution in [2.75, 3.05) is 6.26 Å². The first kappa shape index (κ1) is 9.35. The minimum absolute atomic E-state index is 0.0935. The maximum Gasteiger partial charge on any atom is 0.337 e. The van der Waals surface area contributed by atoms with E-state index in [0.717, 1.165) is 0 Å². The third-order valence-corrected chi connectivity index (χ3v) is 2.21. The van der Waals surface area contributed by atoms with Crippen molar-refractivity contribution in [1.29, 1.82) is 0 Å². The van der Waals surface area contributed by atoms with Crippen LogP contribution in [0.4, 0.5) is 0 Å². The van der Waals surface area contributed by atoms with Crippen LogP contribution in [0.5, 0.6) is 0 Å². The zero-order valence-corrected chi connectivity index (χ0v) is 7.82. The Morgan fingerprint density at radius 3 is 2.92 bits per heavy atom. The molecular weight excluding hydrogens is 198 g/mol. The zero-order chi connectivity index (χ0) is 9.14. The van der Waals surface area contributed by atoms with Crippen molar-refractivity contribution in [2.45, 2.75) is 5.03 Å². The van der Waals surface area contributed by atoms with Crippen molar-refractivity contribution in [1.82, 2.24) is 4.98 Å². The van der Waals surface area contributed by atoms with Gasteiger partial charge in [-0.05, 0) is 12.3 Å². The van der Waals surface area contributed by atoms with E-state index >= 15 is 0 Å². The zero-order valence-electron chi connectivity index (χ0n) is 6.24. The fraction of sp³-hybridized carbons (Fsp3) is 0.143. The second kappa shape index (κ2) is 3.78. The Morgan fingerprint density at radius 2 is 2.42 bits per heavy atom. The first-order valence-corrected chi connectivity index (χ1v) is 4.68. The predicted molar refractivity (Wildman–Crippen MR) is 48.0 cm³/mol. The van der Waals surface area contributed by atoms with Crippen LogP contribution in [0.1, 0.15) is 10.4 Å². The summed E-state index contributed by atoms with van der Waals surface area (Å²) < 4.78 is 0. The second-order valence-electron chi connectivity index (χ2n) is 2.01. The molecule has 64 valence electrons. The van der Waals surface area contributed by atoms with Crippen molar-refractivity contribution in [3.05, 3.63) is 22.8 Å². The Balaban J connectivity index is 3.17. The highest BCUT2D eigenvalue weighted by molar-refractivity contribution is 7.98. The van der Waals surface area contributed by atoms with Gasteiger partial charge in [0.1, 0.15) is 0 Å². The molecule has 12 heavy (non-hydrogen) atoms. The van der Waals surface area contributed by atoms with Crippen LogP contribution in [0.3, 0.4) is 0 Å². The summed E-state index contributed by atoms with van der Waals surface area (Å²) in [7, 11) is 0. The average Bonchev–Trinajstić information content (AvgIpc) is 2.05. The third kappa shape index (κ3) is 1.89. The molecule has 0 aliphatic carbocycles. The van der Waals surface area contributed by atoms with Crippen molar-refractivity contribution < 1.29 is 9.90 Å². The quantitative estimate of drug-likeness (QED) is 0.749. The number of pyridine rings is 1. The SMILES string of the molecule is CSc1cc(C(=O)O)c(Cl)cn1. The Labute approximate surface area is 78.8 Å². The van der Waals surface area contributed by atoms with Crippen LogP contribution >= 0.6 is 23.4 Å². The largest absolute Gasteiger partial charge is 0.478 e.